The molecule has 0 spiro atoms. The van der Waals surface area contributed by atoms with Gasteiger partial charge in [-0.1, -0.05) is 48.5 Å². The van der Waals surface area contributed by atoms with E-state index in [1.165, 1.54) is 11.3 Å². The van der Waals surface area contributed by atoms with Gasteiger partial charge in [0.2, 0.25) is 11.7 Å². The highest BCUT2D eigenvalue weighted by Gasteiger charge is 2.58. The molecule has 0 saturated carbocycles. The molecule has 0 unspecified atom stereocenters. The summed E-state index contributed by atoms with van der Waals surface area (Å²) in [7, 11) is -6.00. The van der Waals surface area contributed by atoms with E-state index in [9.17, 15) is 27.2 Å². The Bertz CT molecular complexity index is 1390. The number of rotatable bonds is 2. The topological polar surface area (TPSA) is 52.3 Å². The largest absolute Gasteiger partial charge is 0.673 e. The van der Waals surface area contributed by atoms with Crippen LogP contribution < -0.4 is 5.32 Å². The molecule has 0 radical (unpaired) electrons. The van der Waals surface area contributed by atoms with E-state index in [0.29, 0.717) is 0 Å². The Morgan fingerprint density at radius 1 is 1.00 bits per heavy atom. The van der Waals surface area contributed by atoms with Crippen LogP contribution in [-0.4, -0.2) is 40.1 Å². The highest BCUT2D eigenvalue weighted by molar-refractivity contribution is 6.50. The van der Waals surface area contributed by atoms with Gasteiger partial charge < -0.3 is 27.7 Å². The first-order chi connectivity index (χ1) is 17.1. The summed E-state index contributed by atoms with van der Waals surface area (Å²) in [4.78, 5) is 13.8. The van der Waals surface area contributed by atoms with Crippen molar-refractivity contribution in [1.29, 1.82) is 0 Å². The van der Waals surface area contributed by atoms with E-state index in [2.05, 4.69) is 54.1 Å². The Balaban J connectivity index is 0.000000586. The first-order valence-corrected chi connectivity index (χ1v) is 12.2. The van der Waals surface area contributed by atoms with Crippen LogP contribution >= 0.6 is 0 Å². The number of nitrogens with one attached hydrogen (secondary N) is 1. The van der Waals surface area contributed by atoms with E-state index < -0.39 is 13.3 Å². The number of carbonyl (C=O) groups is 1. The van der Waals surface area contributed by atoms with Gasteiger partial charge in [-0.3, -0.25) is 4.79 Å². The molecule has 2 heterocycles. The number of phenols is 1. The second kappa shape index (κ2) is 9.19. The van der Waals surface area contributed by atoms with Crippen LogP contribution in [0.1, 0.15) is 58.1 Å². The van der Waals surface area contributed by atoms with Gasteiger partial charge in [-0.15, -0.1) is 0 Å². The number of nitrogens with zero attached hydrogens (tertiary/aromatic N) is 1. The minimum Gasteiger partial charge on any atom is -0.508 e. The molecule has 37 heavy (non-hydrogen) atoms. The average molecular weight is 514 g/mol. The number of aromatic hydroxyl groups is 1. The summed E-state index contributed by atoms with van der Waals surface area (Å²) in [5.74, 6) is 0.110. The summed E-state index contributed by atoms with van der Waals surface area (Å²) < 4.78 is 41.3. The molecular formula is C28H31BF4N2O2. The van der Waals surface area contributed by atoms with E-state index in [0.717, 1.165) is 28.4 Å². The highest BCUT2D eigenvalue weighted by atomic mass is 19.5. The van der Waals surface area contributed by atoms with Crippen molar-refractivity contribution in [3.8, 4) is 5.75 Å². The molecule has 0 aliphatic carbocycles. The summed E-state index contributed by atoms with van der Waals surface area (Å²) >= 11 is 0. The number of benzene rings is 3. The molecule has 0 bridgehead atoms. The fraction of sp³-hybridized carbons (Fsp3) is 0.357. The van der Waals surface area contributed by atoms with Crippen molar-refractivity contribution in [2.75, 3.05) is 0 Å². The number of hydrogen-bond donors (Lipinski definition) is 2. The predicted molar refractivity (Wildman–Crippen MR) is 139 cm³/mol. The van der Waals surface area contributed by atoms with Gasteiger partial charge in [-0.2, -0.15) is 4.58 Å². The Morgan fingerprint density at radius 3 is 2.24 bits per heavy atom. The zero-order valence-corrected chi connectivity index (χ0v) is 21.5. The van der Waals surface area contributed by atoms with Crippen molar-refractivity contribution in [3.05, 3.63) is 71.8 Å². The number of fused-ring (bicyclic) bond motifs is 3. The normalized spacial score (nSPS) is 20.2. The van der Waals surface area contributed by atoms with Crippen LogP contribution in [0.3, 0.4) is 0 Å². The van der Waals surface area contributed by atoms with Gasteiger partial charge in [0.25, 0.3) is 5.91 Å². The predicted octanol–water partition coefficient (Wildman–Crippen LogP) is 6.69. The molecule has 3 aromatic carbocycles. The maximum atomic E-state index is 13.8. The maximum Gasteiger partial charge on any atom is 0.673 e. The summed E-state index contributed by atoms with van der Waals surface area (Å²) in [5.41, 5.74) is 3.94. The molecule has 2 atom stereocenters. The van der Waals surface area contributed by atoms with Crippen molar-refractivity contribution in [2.45, 2.75) is 64.0 Å². The minimum absolute atomic E-state index is 0.00247. The molecule has 5 rings (SSSR count). The van der Waals surface area contributed by atoms with Crippen molar-refractivity contribution >= 4 is 35.3 Å². The number of carbonyl (C=O) groups excluding carboxylic acids is 1. The first kappa shape index (κ1) is 26.7. The van der Waals surface area contributed by atoms with E-state index in [-0.39, 0.29) is 28.5 Å². The molecule has 2 aliphatic rings. The van der Waals surface area contributed by atoms with E-state index in [4.69, 9.17) is 0 Å². The van der Waals surface area contributed by atoms with Gasteiger partial charge in [-0.25, -0.2) is 0 Å². The smallest absolute Gasteiger partial charge is 0.508 e. The molecule has 0 aromatic heterocycles. The molecule has 2 N–H and O–H groups in total. The molecule has 196 valence electrons. The molecule has 2 aliphatic heterocycles. The standard InChI is InChI=1S/C28H30N2O2.BF4/c1-27(2,3)29-26(32)25-19(24-18-11-7-6-10-17(18)14-15-22(24)31)16-23-28(4,5)20-12-8-9-13-21(20)30(23)25;2-1(3,4)5/h6-15,19,25H,16H2,1-5H3,(H-,29,31,32);/q;-1/p+1/t19-,25+;/m0./s1. The third-order valence-electron chi connectivity index (χ3n) is 7.01. The lowest BCUT2D eigenvalue weighted by Crippen LogP contribution is -2.49. The van der Waals surface area contributed by atoms with Crippen molar-refractivity contribution in [1.82, 2.24) is 5.32 Å². The van der Waals surface area contributed by atoms with Gasteiger partial charge in [-0.05, 0) is 51.5 Å². The summed E-state index contributed by atoms with van der Waals surface area (Å²) in [6.07, 6.45) is 0.728. The second-order valence-electron chi connectivity index (χ2n) is 11.2. The van der Waals surface area contributed by atoms with Crippen LogP contribution in [0.4, 0.5) is 23.0 Å². The first-order valence-electron chi connectivity index (χ1n) is 12.2. The van der Waals surface area contributed by atoms with Gasteiger partial charge >= 0.3 is 7.25 Å². The van der Waals surface area contributed by atoms with Crippen LogP contribution in [0, 0.1) is 0 Å². The van der Waals surface area contributed by atoms with Crippen LogP contribution in [0.2, 0.25) is 0 Å². The lowest BCUT2D eigenvalue weighted by atomic mass is 9.76. The molecule has 3 aromatic rings. The maximum absolute atomic E-state index is 13.8. The SMILES string of the molecule is CC(C)(C)NC(=O)[C@H]1[C@H](c2c(O)ccc3ccccc23)CC2=[N+]1c1ccccc1C2(C)C.F[B-](F)(F)F. The number of para-hydroxylation sites is 1. The van der Waals surface area contributed by atoms with E-state index in [1.54, 1.807) is 6.07 Å². The number of hydrogen-bond acceptors (Lipinski definition) is 2. The van der Waals surface area contributed by atoms with Gasteiger partial charge in [0, 0.05) is 29.2 Å². The Morgan fingerprint density at radius 2 is 1.59 bits per heavy atom. The quantitative estimate of drug-likeness (QED) is 0.227. The minimum atomic E-state index is -6.00. The number of halogens is 4. The zero-order chi connectivity index (χ0) is 27.3. The monoisotopic (exact) mass is 514 g/mol. The summed E-state index contributed by atoms with van der Waals surface area (Å²) in [5, 5.41) is 16.3. The lowest BCUT2D eigenvalue weighted by Gasteiger charge is -2.26. The van der Waals surface area contributed by atoms with Crippen LogP contribution in [0.25, 0.3) is 10.8 Å². The third kappa shape index (κ3) is 5.22. The lowest BCUT2D eigenvalue weighted by molar-refractivity contribution is -0.462. The highest BCUT2D eigenvalue weighted by Crippen LogP contribution is 2.51. The fourth-order valence-corrected chi connectivity index (χ4v) is 5.66. The Kier molecular flexibility index (Phi) is 6.63. The van der Waals surface area contributed by atoms with Crippen LogP contribution in [-0.2, 0) is 10.2 Å². The van der Waals surface area contributed by atoms with Gasteiger partial charge in [0.05, 0.1) is 11.3 Å². The van der Waals surface area contributed by atoms with Gasteiger partial charge in [0.1, 0.15) is 5.75 Å². The summed E-state index contributed by atoms with van der Waals surface area (Å²) in [6.45, 7) is 10.5. The average Bonchev–Trinajstić information content (AvgIpc) is 3.26. The van der Waals surface area contributed by atoms with E-state index in [1.807, 2.05) is 45.0 Å². The fourth-order valence-electron chi connectivity index (χ4n) is 5.66. The van der Waals surface area contributed by atoms with E-state index >= 15 is 0 Å². The van der Waals surface area contributed by atoms with Crippen molar-refractivity contribution < 1.29 is 31.7 Å². The van der Waals surface area contributed by atoms with Crippen molar-refractivity contribution in [2.24, 2.45) is 0 Å². The summed E-state index contributed by atoms with van der Waals surface area (Å²) in [6, 6.07) is 19.8. The molecule has 1 amide bonds. The van der Waals surface area contributed by atoms with Crippen LogP contribution in [0.15, 0.2) is 60.7 Å². The number of phenolic OH excluding ortho intramolecular Hbond substituents is 1. The molecule has 4 nitrogen and oxygen atoms in total. The molecular weight excluding hydrogens is 483 g/mol. The Hall–Kier alpha value is -3.36. The zero-order valence-electron chi connectivity index (χ0n) is 21.5. The molecule has 0 fully saturated rings. The Labute approximate surface area is 214 Å². The second-order valence-corrected chi connectivity index (χ2v) is 11.2. The number of amides is 1. The van der Waals surface area contributed by atoms with Crippen LogP contribution in [0.5, 0.6) is 5.75 Å². The van der Waals surface area contributed by atoms with Crippen molar-refractivity contribution in [3.63, 3.8) is 0 Å². The third-order valence-corrected chi connectivity index (χ3v) is 7.01. The van der Waals surface area contributed by atoms with Gasteiger partial charge in [0.15, 0.2) is 5.71 Å². The molecule has 0 saturated heterocycles. The molecule has 9 heteroatoms.